The third-order valence-electron chi connectivity index (χ3n) is 3.58. The maximum absolute atomic E-state index is 13.5. The van der Waals surface area contributed by atoms with Gasteiger partial charge < -0.3 is 5.32 Å². The Kier molecular flexibility index (Phi) is 3.79. The van der Waals surface area contributed by atoms with E-state index in [1.165, 1.54) is 17.0 Å². The van der Waals surface area contributed by atoms with Crippen molar-refractivity contribution in [2.75, 3.05) is 4.90 Å². The zero-order valence-corrected chi connectivity index (χ0v) is 12.1. The van der Waals surface area contributed by atoms with Gasteiger partial charge in [0.25, 0.3) is 0 Å². The predicted octanol–water partition coefficient (Wildman–Crippen LogP) is 2.01. The van der Waals surface area contributed by atoms with Crippen LogP contribution in [0.5, 0.6) is 0 Å². The second-order valence-corrected chi connectivity index (χ2v) is 5.56. The fourth-order valence-electron chi connectivity index (χ4n) is 2.54. The van der Waals surface area contributed by atoms with E-state index in [9.17, 15) is 14.0 Å². The summed E-state index contributed by atoms with van der Waals surface area (Å²) in [5.41, 5.74) is 1.24. The molecule has 1 aliphatic heterocycles. The van der Waals surface area contributed by atoms with E-state index in [0.717, 1.165) is 5.56 Å². The molecule has 2 amide bonds. The van der Waals surface area contributed by atoms with Crippen molar-refractivity contribution in [3.63, 3.8) is 0 Å². The number of halogens is 1. The molecule has 1 fully saturated rings. The smallest absolute Gasteiger partial charge is 0.250 e. The number of carbonyl (C=O) groups is 2. The monoisotopic (exact) mass is 278 g/mol. The number of nitrogens with zero attached hydrogens (tertiary/aromatic N) is 1. The van der Waals surface area contributed by atoms with Gasteiger partial charge in [-0.1, -0.05) is 19.9 Å². The maximum Gasteiger partial charge on any atom is 0.250 e. The van der Waals surface area contributed by atoms with Crippen molar-refractivity contribution in [2.45, 2.75) is 39.8 Å². The van der Waals surface area contributed by atoms with Gasteiger partial charge in [-0.3, -0.25) is 14.5 Å². The van der Waals surface area contributed by atoms with Gasteiger partial charge in [0.05, 0.1) is 5.69 Å². The first kappa shape index (κ1) is 14.5. The highest BCUT2D eigenvalue weighted by molar-refractivity contribution is 6.08. The van der Waals surface area contributed by atoms with Gasteiger partial charge in [0.15, 0.2) is 0 Å². The van der Waals surface area contributed by atoms with E-state index in [-0.39, 0.29) is 17.7 Å². The SMILES string of the molecule is Cc1ccc(F)cc1N1C(=O)C(C)NC(=O)C1C(C)C. The van der Waals surface area contributed by atoms with Crippen LogP contribution in [0.1, 0.15) is 26.3 Å². The summed E-state index contributed by atoms with van der Waals surface area (Å²) in [5.74, 6) is -0.888. The van der Waals surface area contributed by atoms with Gasteiger partial charge in [0, 0.05) is 0 Å². The molecular weight excluding hydrogens is 259 g/mol. The average Bonchev–Trinajstić information content (AvgIpc) is 2.36. The highest BCUT2D eigenvalue weighted by Gasteiger charge is 2.41. The first-order chi connectivity index (χ1) is 9.32. The first-order valence-electron chi connectivity index (χ1n) is 6.72. The van der Waals surface area contributed by atoms with E-state index >= 15 is 0 Å². The summed E-state index contributed by atoms with van der Waals surface area (Å²) >= 11 is 0. The summed E-state index contributed by atoms with van der Waals surface area (Å²) in [6, 6.07) is 3.07. The van der Waals surface area contributed by atoms with Gasteiger partial charge in [-0.05, 0) is 37.5 Å². The van der Waals surface area contributed by atoms with Crippen LogP contribution in [0.15, 0.2) is 18.2 Å². The third kappa shape index (κ3) is 2.40. The highest BCUT2D eigenvalue weighted by atomic mass is 19.1. The average molecular weight is 278 g/mol. The normalized spacial score (nSPS) is 23.2. The van der Waals surface area contributed by atoms with Crippen molar-refractivity contribution in [2.24, 2.45) is 5.92 Å². The Labute approximate surface area is 118 Å². The van der Waals surface area contributed by atoms with E-state index in [1.54, 1.807) is 19.9 Å². The van der Waals surface area contributed by atoms with Crippen LogP contribution < -0.4 is 10.2 Å². The second kappa shape index (κ2) is 5.23. The number of amides is 2. The minimum absolute atomic E-state index is 0.0610. The molecule has 108 valence electrons. The molecule has 1 aromatic rings. The molecule has 0 aromatic heterocycles. The van der Waals surface area contributed by atoms with Crippen LogP contribution in [0.2, 0.25) is 0 Å². The van der Waals surface area contributed by atoms with Crippen LogP contribution in [0.3, 0.4) is 0 Å². The van der Waals surface area contributed by atoms with Crippen molar-refractivity contribution in [3.8, 4) is 0 Å². The van der Waals surface area contributed by atoms with Crippen LogP contribution in [0, 0.1) is 18.7 Å². The number of carbonyl (C=O) groups excluding carboxylic acids is 2. The highest BCUT2D eigenvalue weighted by Crippen LogP contribution is 2.28. The molecule has 0 saturated carbocycles. The zero-order chi connectivity index (χ0) is 15.0. The molecule has 5 heteroatoms. The lowest BCUT2D eigenvalue weighted by Gasteiger charge is -2.40. The molecule has 4 nitrogen and oxygen atoms in total. The summed E-state index contributed by atoms with van der Waals surface area (Å²) in [5, 5.41) is 2.67. The number of hydrogen-bond donors (Lipinski definition) is 1. The summed E-state index contributed by atoms with van der Waals surface area (Å²) < 4.78 is 13.5. The van der Waals surface area contributed by atoms with E-state index in [4.69, 9.17) is 0 Å². The van der Waals surface area contributed by atoms with Crippen molar-refractivity contribution in [3.05, 3.63) is 29.6 Å². The van der Waals surface area contributed by atoms with Crippen LogP contribution >= 0.6 is 0 Å². The number of hydrogen-bond acceptors (Lipinski definition) is 2. The Morgan fingerprint density at radius 2 is 1.95 bits per heavy atom. The molecule has 0 spiro atoms. The van der Waals surface area contributed by atoms with E-state index < -0.39 is 17.9 Å². The minimum Gasteiger partial charge on any atom is -0.343 e. The van der Waals surface area contributed by atoms with Crippen molar-refractivity contribution in [1.82, 2.24) is 5.32 Å². The summed E-state index contributed by atoms with van der Waals surface area (Å²) in [7, 11) is 0. The molecule has 2 atom stereocenters. The van der Waals surface area contributed by atoms with E-state index in [1.807, 2.05) is 13.8 Å². The van der Waals surface area contributed by atoms with Crippen molar-refractivity contribution < 1.29 is 14.0 Å². The van der Waals surface area contributed by atoms with E-state index in [2.05, 4.69) is 5.32 Å². The number of rotatable bonds is 2. The Bertz CT molecular complexity index is 557. The third-order valence-corrected chi connectivity index (χ3v) is 3.58. The molecule has 20 heavy (non-hydrogen) atoms. The molecule has 2 rings (SSSR count). The fraction of sp³-hybridized carbons (Fsp3) is 0.467. The molecule has 2 unspecified atom stereocenters. The Morgan fingerprint density at radius 1 is 1.30 bits per heavy atom. The maximum atomic E-state index is 13.5. The summed E-state index contributed by atoms with van der Waals surface area (Å²) in [6.07, 6.45) is 0. The minimum atomic E-state index is -0.612. The number of aryl methyl sites for hydroxylation is 1. The van der Waals surface area contributed by atoms with Crippen molar-refractivity contribution in [1.29, 1.82) is 0 Å². The molecular formula is C15H19FN2O2. The van der Waals surface area contributed by atoms with Gasteiger partial charge in [0.1, 0.15) is 17.9 Å². The standard InChI is InChI=1S/C15H19FN2O2/c1-8(2)13-14(19)17-10(4)15(20)18(13)12-7-11(16)6-5-9(12)3/h5-8,10,13H,1-4H3,(H,17,19). The van der Waals surface area contributed by atoms with Crippen LogP contribution in [0.25, 0.3) is 0 Å². The lowest BCUT2D eigenvalue weighted by molar-refractivity contribution is -0.134. The number of anilines is 1. The predicted molar refractivity (Wildman–Crippen MR) is 74.9 cm³/mol. The van der Waals surface area contributed by atoms with Gasteiger partial charge >= 0.3 is 0 Å². The number of nitrogens with one attached hydrogen (secondary N) is 1. The summed E-state index contributed by atoms with van der Waals surface area (Å²) in [6.45, 7) is 7.18. The Balaban J connectivity index is 2.55. The molecule has 1 aliphatic rings. The van der Waals surface area contributed by atoms with Gasteiger partial charge in [0.2, 0.25) is 11.8 Å². The lowest BCUT2D eigenvalue weighted by atomic mass is 9.95. The first-order valence-corrected chi connectivity index (χ1v) is 6.72. The second-order valence-electron chi connectivity index (χ2n) is 5.56. The van der Waals surface area contributed by atoms with E-state index in [0.29, 0.717) is 5.69 Å². The molecule has 0 bridgehead atoms. The fourth-order valence-corrected chi connectivity index (χ4v) is 2.54. The van der Waals surface area contributed by atoms with Gasteiger partial charge in [-0.15, -0.1) is 0 Å². The van der Waals surface area contributed by atoms with Crippen LogP contribution in [-0.2, 0) is 9.59 Å². The molecule has 1 heterocycles. The zero-order valence-electron chi connectivity index (χ0n) is 12.1. The van der Waals surface area contributed by atoms with Crippen LogP contribution in [-0.4, -0.2) is 23.9 Å². The molecule has 1 aromatic carbocycles. The molecule has 0 radical (unpaired) electrons. The molecule has 0 aliphatic carbocycles. The van der Waals surface area contributed by atoms with Crippen molar-refractivity contribution >= 4 is 17.5 Å². The Hall–Kier alpha value is -1.91. The quantitative estimate of drug-likeness (QED) is 0.899. The number of benzene rings is 1. The largest absolute Gasteiger partial charge is 0.343 e. The molecule has 1 saturated heterocycles. The summed E-state index contributed by atoms with van der Waals surface area (Å²) in [4.78, 5) is 26.0. The van der Waals surface area contributed by atoms with Gasteiger partial charge in [-0.25, -0.2) is 4.39 Å². The molecule has 1 N–H and O–H groups in total. The van der Waals surface area contributed by atoms with Gasteiger partial charge in [-0.2, -0.15) is 0 Å². The number of piperazine rings is 1. The van der Waals surface area contributed by atoms with Crippen LogP contribution in [0.4, 0.5) is 10.1 Å². The topological polar surface area (TPSA) is 49.4 Å². The Morgan fingerprint density at radius 3 is 2.55 bits per heavy atom. The lowest BCUT2D eigenvalue weighted by Crippen LogP contribution is -2.64.